The first kappa shape index (κ1) is 12.9. The Hall–Kier alpha value is -1.14. The van der Waals surface area contributed by atoms with Crippen LogP contribution < -0.4 is 0 Å². The maximum atomic E-state index is 11.9. The molecule has 0 aromatic carbocycles. The van der Waals surface area contributed by atoms with Gasteiger partial charge in [-0.3, -0.25) is 9.59 Å². The molecule has 0 bridgehead atoms. The van der Waals surface area contributed by atoms with E-state index in [0.29, 0.717) is 19.6 Å². The fourth-order valence-electron chi connectivity index (χ4n) is 1.61. The Morgan fingerprint density at radius 1 is 1.56 bits per heavy atom. The number of hydrogen-bond acceptors (Lipinski definition) is 4. The minimum absolute atomic E-state index is 0.253. The summed E-state index contributed by atoms with van der Waals surface area (Å²) in [5, 5.41) is 8.70. The lowest BCUT2D eigenvalue weighted by molar-refractivity contribution is -0.149. The van der Waals surface area contributed by atoms with E-state index in [1.54, 1.807) is 0 Å². The van der Waals surface area contributed by atoms with E-state index in [4.69, 9.17) is 14.6 Å². The van der Waals surface area contributed by atoms with Crippen molar-refractivity contribution >= 4 is 11.9 Å². The highest BCUT2D eigenvalue weighted by Gasteiger charge is 2.28. The monoisotopic (exact) mass is 231 g/mol. The fraction of sp³-hybridized carbons (Fsp3) is 0.800. The molecule has 0 aliphatic carbocycles. The Morgan fingerprint density at radius 2 is 2.31 bits per heavy atom. The summed E-state index contributed by atoms with van der Waals surface area (Å²) in [6, 6.07) is 0. The first-order valence-electron chi connectivity index (χ1n) is 5.26. The number of aliphatic carboxylic acids is 1. The van der Waals surface area contributed by atoms with Gasteiger partial charge in [0.1, 0.15) is 12.6 Å². The number of carboxylic acids is 1. The molecule has 6 nitrogen and oxygen atoms in total. The van der Waals surface area contributed by atoms with Crippen molar-refractivity contribution < 1.29 is 24.2 Å². The highest BCUT2D eigenvalue weighted by molar-refractivity contribution is 5.84. The quantitative estimate of drug-likeness (QED) is 0.680. The average molecular weight is 231 g/mol. The summed E-state index contributed by atoms with van der Waals surface area (Å²) >= 11 is 0. The maximum absolute atomic E-state index is 11.9. The summed E-state index contributed by atoms with van der Waals surface area (Å²) in [6.45, 7) is 0.872. The lowest BCUT2D eigenvalue weighted by Gasteiger charge is -2.23. The van der Waals surface area contributed by atoms with Gasteiger partial charge in [0.2, 0.25) is 0 Å². The molecule has 1 heterocycles. The summed E-state index contributed by atoms with van der Waals surface area (Å²) in [5.74, 6) is -1.28. The standard InChI is InChI=1S/C10H17NO5/c1-15-6-4-11(7-9(12)13)10(14)8-3-2-5-16-8/h8H,2-7H2,1H3,(H,12,13)/t8-/m1/s1. The molecule has 1 atom stereocenters. The van der Waals surface area contributed by atoms with Crippen LogP contribution in [-0.4, -0.2) is 61.4 Å². The zero-order valence-corrected chi connectivity index (χ0v) is 9.35. The van der Waals surface area contributed by atoms with Crippen molar-refractivity contribution in [2.24, 2.45) is 0 Å². The third-order valence-corrected chi connectivity index (χ3v) is 2.41. The summed E-state index contributed by atoms with van der Waals surface area (Å²) in [6.07, 6.45) is 1.04. The van der Waals surface area contributed by atoms with Gasteiger partial charge < -0.3 is 19.5 Å². The molecule has 0 aromatic heterocycles. The molecule has 1 fully saturated rings. The van der Waals surface area contributed by atoms with Gasteiger partial charge in [-0.1, -0.05) is 0 Å². The number of methoxy groups -OCH3 is 1. The van der Waals surface area contributed by atoms with Crippen molar-refractivity contribution in [1.29, 1.82) is 0 Å². The molecular weight excluding hydrogens is 214 g/mol. The average Bonchev–Trinajstić information content (AvgIpc) is 2.76. The van der Waals surface area contributed by atoms with Crippen LogP contribution in [0.5, 0.6) is 0 Å². The maximum Gasteiger partial charge on any atom is 0.323 e. The molecule has 6 heteroatoms. The van der Waals surface area contributed by atoms with Gasteiger partial charge in [-0.15, -0.1) is 0 Å². The molecule has 0 unspecified atom stereocenters. The predicted molar refractivity (Wildman–Crippen MR) is 55.1 cm³/mol. The number of nitrogens with zero attached hydrogens (tertiary/aromatic N) is 1. The first-order valence-corrected chi connectivity index (χ1v) is 5.26. The van der Waals surface area contributed by atoms with Gasteiger partial charge in [0.25, 0.3) is 5.91 Å². The Kier molecular flexibility index (Phi) is 5.21. The van der Waals surface area contributed by atoms with Crippen LogP contribution in [0.4, 0.5) is 0 Å². The van der Waals surface area contributed by atoms with Gasteiger partial charge in [0, 0.05) is 20.3 Å². The van der Waals surface area contributed by atoms with E-state index in [1.807, 2.05) is 0 Å². The van der Waals surface area contributed by atoms with Crippen LogP contribution in [0.3, 0.4) is 0 Å². The van der Waals surface area contributed by atoms with E-state index >= 15 is 0 Å². The van der Waals surface area contributed by atoms with Crippen LogP contribution in [0.25, 0.3) is 0 Å². The molecular formula is C10H17NO5. The number of carbonyl (C=O) groups is 2. The minimum Gasteiger partial charge on any atom is -0.480 e. The molecule has 0 aromatic rings. The largest absolute Gasteiger partial charge is 0.480 e. The summed E-state index contributed by atoms with van der Waals surface area (Å²) in [5.41, 5.74) is 0. The van der Waals surface area contributed by atoms with Gasteiger partial charge in [-0.05, 0) is 12.8 Å². The Labute approximate surface area is 94.1 Å². The molecule has 1 aliphatic rings. The smallest absolute Gasteiger partial charge is 0.323 e. The molecule has 0 saturated carbocycles. The Balaban J connectivity index is 2.51. The molecule has 16 heavy (non-hydrogen) atoms. The highest BCUT2D eigenvalue weighted by Crippen LogP contribution is 2.14. The van der Waals surface area contributed by atoms with Gasteiger partial charge in [-0.25, -0.2) is 0 Å². The van der Waals surface area contributed by atoms with Crippen molar-refractivity contribution in [3.63, 3.8) is 0 Å². The number of amides is 1. The van der Waals surface area contributed by atoms with Crippen molar-refractivity contribution in [2.45, 2.75) is 18.9 Å². The number of ether oxygens (including phenoxy) is 2. The molecule has 92 valence electrons. The normalized spacial score (nSPS) is 19.7. The van der Waals surface area contributed by atoms with E-state index in [1.165, 1.54) is 12.0 Å². The lowest BCUT2D eigenvalue weighted by Crippen LogP contribution is -2.43. The fourth-order valence-corrected chi connectivity index (χ4v) is 1.61. The predicted octanol–water partition coefficient (Wildman–Crippen LogP) is -0.275. The van der Waals surface area contributed by atoms with Gasteiger partial charge in [-0.2, -0.15) is 0 Å². The second-order valence-electron chi connectivity index (χ2n) is 3.65. The molecule has 0 spiro atoms. The highest BCUT2D eigenvalue weighted by atomic mass is 16.5. The molecule has 1 aliphatic heterocycles. The van der Waals surface area contributed by atoms with Crippen LogP contribution in [0.15, 0.2) is 0 Å². The third kappa shape index (κ3) is 3.79. The zero-order chi connectivity index (χ0) is 12.0. The number of rotatable bonds is 6. The zero-order valence-electron chi connectivity index (χ0n) is 9.35. The van der Waals surface area contributed by atoms with Crippen molar-refractivity contribution in [1.82, 2.24) is 4.90 Å². The minimum atomic E-state index is -1.03. The van der Waals surface area contributed by atoms with Gasteiger partial charge >= 0.3 is 5.97 Å². The van der Waals surface area contributed by atoms with E-state index in [9.17, 15) is 9.59 Å². The van der Waals surface area contributed by atoms with Crippen LogP contribution in [0.1, 0.15) is 12.8 Å². The third-order valence-electron chi connectivity index (χ3n) is 2.41. The molecule has 0 radical (unpaired) electrons. The lowest BCUT2D eigenvalue weighted by atomic mass is 10.2. The van der Waals surface area contributed by atoms with Crippen LogP contribution in [0, 0.1) is 0 Å². The van der Waals surface area contributed by atoms with E-state index in [0.717, 1.165) is 6.42 Å². The Bertz CT molecular complexity index is 250. The Morgan fingerprint density at radius 3 is 2.81 bits per heavy atom. The van der Waals surface area contributed by atoms with Crippen molar-refractivity contribution in [3.8, 4) is 0 Å². The van der Waals surface area contributed by atoms with E-state index in [2.05, 4.69) is 0 Å². The first-order chi connectivity index (χ1) is 7.65. The SMILES string of the molecule is COCCN(CC(=O)O)C(=O)[C@H]1CCCO1. The number of hydrogen-bond donors (Lipinski definition) is 1. The second-order valence-corrected chi connectivity index (χ2v) is 3.65. The van der Waals surface area contributed by atoms with Crippen molar-refractivity contribution in [2.75, 3.05) is 33.4 Å². The second kappa shape index (κ2) is 6.44. The molecule has 1 saturated heterocycles. The molecule has 1 N–H and O–H groups in total. The van der Waals surface area contributed by atoms with Gasteiger partial charge in [0.15, 0.2) is 0 Å². The number of carbonyl (C=O) groups excluding carboxylic acids is 1. The summed E-state index contributed by atoms with van der Waals surface area (Å²) in [7, 11) is 1.51. The summed E-state index contributed by atoms with van der Waals surface area (Å²) in [4.78, 5) is 23.8. The van der Waals surface area contributed by atoms with Crippen LogP contribution in [-0.2, 0) is 19.1 Å². The van der Waals surface area contributed by atoms with Gasteiger partial charge in [0.05, 0.1) is 6.61 Å². The molecule has 1 rings (SSSR count). The summed E-state index contributed by atoms with van der Waals surface area (Å²) < 4.78 is 10.1. The topological polar surface area (TPSA) is 76.1 Å². The molecule has 1 amide bonds. The van der Waals surface area contributed by atoms with E-state index in [-0.39, 0.29) is 19.0 Å². The number of carboxylic acid groups (broad SMARTS) is 1. The van der Waals surface area contributed by atoms with Crippen LogP contribution >= 0.6 is 0 Å². The van der Waals surface area contributed by atoms with Crippen molar-refractivity contribution in [3.05, 3.63) is 0 Å². The van der Waals surface area contributed by atoms with Crippen LogP contribution in [0.2, 0.25) is 0 Å². The van der Waals surface area contributed by atoms with E-state index < -0.39 is 12.1 Å².